The van der Waals surface area contributed by atoms with Crippen LogP contribution in [-0.2, 0) is 0 Å². The van der Waals surface area contributed by atoms with E-state index in [1.165, 1.54) is 12.1 Å². The fraction of sp³-hybridized carbons (Fsp3) is 0.263. The van der Waals surface area contributed by atoms with Crippen molar-refractivity contribution in [3.63, 3.8) is 0 Å². The Kier molecular flexibility index (Phi) is 6.41. The van der Waals surface area contributed by atoms with Gasteiger partial charge in [-0.1, -0.05) is 29.3 Å². The summed E-state index contributed by atoms with van der Waals surface area (Å²) in [7, 11) is 1.92. The first-order chi connectivity index (χ1) is 11.9. The van der Waals surface area contributed by atoms with Crippen molar-refractivity contribution < 1.29 is 4.39 Å². The number of aliphatic imine (C=N–C) groups is 1. The number of hydrogen-bond donors (Lipinski definition) is 0. The highest BCUT2D eigenvalue weighted by Gasteiger charge is 2.19. The van der Waals surface area contributed by atoms with E-state index in [2.05, 4.69) is 11.1 Å². The second kappa shape index (κ2) is 8.33. The average Bonchev–Trinajstić information content (AvgIpc) is 2.59. The zero-order valence-electron chi connectivity index (χ0n) is 14.2. The SMILES string of the molecule is CCN(C)C=Nc1cc(C)c(C(C#N)c2ccc(F)c(Cl)c2)cc1Cl. The summed E-state index contributed by atoms with van der Waals surface area (Å²) in [4.78, 5) is 6.31. The fourth-order valence-corrected chi connectivity index (χ4v) is 2.76. The first kappa shape index (κ1) is 19.2. The number of halogens is 3. The molecule has 2 aromatic rings. The van der Waals surface area contributed by atoms with E-state index in [0.29, 0.717) is 16.3 Å². The zero-order chi connectivity index (χ0) is 18.6. The summed E-state index contributed by atoms with van der Waals surface area (Å²) in [6.07, 6.45) is 1.71. The summed E-state index contributed by atoms with van der Waals surface area (Å²) in [6.45, 7) is 4.75. The lowest BCUT2D eigenvalue weighted by molar-refractivity contribution is 0.552. The molecule has 0 spiro atoms. The number of nitrogens with zero attached hydrogens (tertiary/aromatic N) is 3. The molecule has 1 atom stereocenters. The van der Waals surface area contributed by atoms with Crippen LogP contribution >= 0.6 is 23.2 Å². The Balaban J connectivity index is 2.44. The van der Waals surface area contributed by atoms with Crippen LogP contribution in [0, 0.1) is 24.1 Å². The molecular formula is C19H18Cl2FN3. The van der Waals surface area contributed by atoms with Crippen molar-refractivity contribution in [2.75, 3.05) is 13.6 Å². The van der Waals surface area contributed by atoms with Crippen LogP contribution in [0.1, 0.15) is 29.5 Å². The van der Waals surface area contributed by atoms with E-state index in [1.54, 1.807) is 18.5 Å². The minimum atomic E-state index is -0.591. The third kappa shape index (κ3) is 4.50. The minimum Gasteiger partial charge on any atom is -0.366 e. The highest BCUT2D eigenvalue weighted by molar-refractivity contribution is 6.33. The lowest BCUT2D eigenvalue weighted by atomic mass is 9.89. The van der Waals surface area contributed by atoms with E-state index in [-0.39, 0.29) is 5.02 Å². The Hall–Kier alpha value is -2.09. The number of rotatable bonds is 5. The van der Waals surface area contributed by atoms with Gasteiger partial charge in [0.15, 0.2) is 0 Å². The molecule has 0 saturated carbocycles. The molecule has 2 rings (SSSR count). The van der Waals surface area contributed by atoms with E-state index >= 15 is 0 Å². The molecule has 25 heavy (non-hydrogen) atoms. The molecule has 0 aromatic heterocycles. The molecule has 0 heterocycles. The number of benzene rings is 2. The van der Waals surface area contributed by atoms with Gasteiger partial charge in [0.25, 0.3) is 0 Å². The van der Waals surface area contributed by atoms with E-state index in [4.69, 9.17) is 23.2 Å². The van der Waals surface area contributed by atoms with Crippen LogP contribution in [0.25, 0.3) is 0 Å². The Morgan fingerprint density at radius 3 is 2.60 bits per heavy atom. The number of aryl methyl sites for hydroxylation is 1. The van der Waals surface area contributed by atoms with E-state index in [0.717, 1.165) is 17.7 Å². The van der Waals surface area contributed by atoms with Crippen LogP contribution in [0.15, 0.2) is 35.3 Å². The van der Waals surface area contributed by atoms with Gasteiger partial charge in [0.2, 0.25) is 0 Å². The maximum atomic E-state index is 13.4. The predicted molar refractivity (Wildman–Crippen MR) is 102 cm³/mol. The standard InChI is InChI=1S/C19H18Cl2FN3/c1-4-25(3)11-24-19-7-12(2)14(9-17(19)21)15(10-23)13-5-6-18(22)16(20)8-13/h5-9,11,15H,4H2,1-3H3. The summed E-state index contributed by atoms with van der Waals surface area (Å²) in [5.41, 5.74) is 2.88. The van der Waals surface area contributed by atoms with Crippen molar-refractivity contribution in [2.45, 2.75) is 19.8 Å². The molecule has 0 aliphatic heterocycles. The molecule has 1 unspecified atom stereocenters. The van der Waals surface area contributed by atoms with Crippen LogP contribution in [0.4, 0.5) is 10.1 Å². The Labute approximate surface area is 157 Å². The van der Waals surface area contributed by atoms with Gasteiger partial charge in [-0.25, -0.2) is 9.38 Å². The number of nitriles is 1. The third-order valence-corrected chi connectivity index (χ3v) is 4.54. The lowest BCUT2D eigenvalue weighted by Crippen LogP contribution is -2.14. The van der Waals surface area contributed by atoms with E-state index in [1.807, 2.05) is 31.9 Å². The van der Waals surface area contributed by atoms with Gasteiger partial charge < -0.3 is 4.90 Å². The fourth-order valence-electron chi connectivity index (χ4n) is 2.35. The number of hydrogen-bond acceptors (Lipinski definition) is 2. The van der Waals surface area contributed by atoms with Crippen molar-refractivity contribution in [3.05, 3.63) is 62.9 Å². The van der Waals surface area contributed by atoms with Gasteiger partial charge in [0.05, 0.1) is 34.1 Å². The van der Waals surface area contributed by atoms with E-state index in [9.17, 15) is 9.65 Å². The maximum absolute atomic E-state index is 13.4. The highest BCUT2D eigenvalue weighted by Crippen LogP contribution is 2.35. The molecule has 130 valence electrons. The van der Waals surface area contributed by atoms with Crippen molar-refractivity contribution >= 4 is 35.2 Å². The van der Waals surface area contributed by atoms with Crippen molar-refractivity contribution in [1.82, 2.24) is 4.90 Å². The summed E-state index contributed by atoms with van der Waals surface area (Å²) >= 11 is 12.2. The molecule has 0 aliphatic rings. The quantitative estimate of drug-likeness (QED) is 0.494. The van der Waals surface area contributed by atoms with Gasteiger partial charge in [-0.3, -0.25) is 0 Å². The molecular weight excluding hydrogens is 360 g/mol. The first-order valence-electron chi connectivity index (χ1n) is 7.76. The molecule has 6 heteroatoms. The van der Waals surface area contributed by atoms with Crippen molar-refractivity contribution in [3.8, 4) is 6.07 Å². The van der Waals surface area contributed by atoms with Crippen LogP contribution in [0.2, 0.25) is 10.0 Å². The monoisotopic (exact) mass is 377 g/mol. The van der Waals surface area contributed by atoms with Gasteiger partial charge >= 0.3 is 0 Å². The normalized spacial score (nSPS) is 12.2. The van der Waals surface area contributed by atoms with Crippen LogP contribution < -0.4 is 0 Å². The topological polar surface area (TPSA) is 39.4 Å². The van der Waals surface area contributed by atoms with Crippen LogP contribution in [0.3, 0.4) is 0 Å². The van der Waals surface area contributed by atoms with Crippen molar-refractivity contribution in [2.24, 2.45) is 4.99 Å². The summed E-state index contributed by atoms with van der Waals surface area (Å²) in [5, 5.41) is 10.1. The smallest absolute Gasteiger partial charge is 0.141 e. The van der Waals surface area contributed by atoms with Gasteiger partial charge in [0, 0.05) is 13.6 Å². The first-order valence-corrected chi connectivity index (χ1v) is 8.52. The van der Waals surface area contributed by atoms with Gasteiger partial charge in [-0.15, -0.1) is 0 Å². The average molecular weight is 378 g/mol. The summed E-state index contributed by atoms with van der Waals surface area (Å²) in [5.74, 6) is -1.10. The van der Waals surface area contributed by atoms with Gasteiger partial charge in [-0.2, -0.15) is 5.26 Å². The molecule has 0 aliphatic carbocycles. The molecule has 0 fully saturated rings. The van der Waals surface area contributed by atoms with Gasteiger partial charge in [0.1, 0.15) is 5.82 Å². The van der Waals surface area contributed by atoms with Crippen LogP contribution in [0.5, 0.6) is 0 Å². The molecule has 3 nitrogen and oxygen atoms in total. The molecule has 0 saturated heterocycles. The zero-order valence-corrected chi connectivity index (χ0v) is 15.7. The highest BCUT2D eigenvalue weighted by atomic mass is 35.5. The van der Waals surface area contributed by atoms with Crippen molar-refractivity contribution in [1.29, 1.82) is 5.26 Å². The van der Waals surface area contributed by atoms with E-state index < -0.39 is 11.7 Å². The minimum absolute atomic E-state index is 0.00896. The molecule has 0 amide bonds. The second-order valence-corrected chi connectivity index (χ2v) is 6.53. The second-order valence-electron chi connectivity index (χ2n) is 5.71. The Bertz CT molecular complexity index is 843. The lowest BCUT2D eigenvalue weighted by Gasteiger charge is -2.15. The summed E-state index contributed by atoms with van der Waals surface area (Å²) in [6, 6.07) is 10.1. The predicted octanol–water partition coefficient (Wildman–Crippen LogP) is 5.71. The maximum Gasteiger partial charge on any atom is 0.141 e. The van der Waals surface area contributed by atoms with Crippen LogP contribution in [-0.4, -0.2) is 24.8 Å². The summed E-state index contributed by atoms with van der Waals surface area (Å²) < 4.78 is 13.4. The largest absolute Gasteiger partial charge is 0.366 e. The third-order valence-electron chi connectivity index (χ3n) is 3.95. The Morgan fingerprint density at radius 1 is 1.28 bits per heavy atom. The van der Waals surface area contributed by atoms with Gasteiger partial charge in [-0.05, 0) is 54.8 Å². The molecule has 0 N–H and O–H groups in total. The molecule has 0 radical (unpaired) electrons. The molecule has 0 bridgehead atoms. The molecule has 2 aromatic carbocycles. The Morgan fingerprint density at radius 2 is 2.00 bits per heavy atom.